The number of carbonyl (C=O) groups is 2. The Morgan fingerprint density at radius 3 is 2.53 bits per heavy atom. The smallest absolute Gasteiger partial charge is 0.276 e. The molecule has 1 saturated heterocycles. The van der Waals surface area contributed by atoms with Gasteiger partial charge in [0.2, 0.25) is 11.8 Å². The normalized spacial score (nSPS) is 16.1. The van der Waals surface area contributed by atoms with Gasteiger partial charge in [-0.2, -0.15) is 0 Å². The first-order chi connectivity index (χ1) is 15.5. The number of aryl methyl sites for hydroxylation is 1. The molecule has 0 bridgehead atoms. The zero-order valence-electron chi connectivity index (χ0n) is 18.6. The van der Waals surface area contributed by atoms with Crippen LogP contribution in [0.4, 0.5) is 0 Å². The van der Waals surface area contributed by atoms with E-state index < -0.39 is 0 Å². The van der Waals surface area contributed by atoms with Gasteiger partial charge >= 0.3 is 0 Å². The van der Waals surface area contributed by atoms with Gasteiger partial charge in [0, 0.05) is 24.7 Å². The number of benzene rings is 2. The Bertz CT molecular complexity index is 1070. The standard InChI is InChI=1S/C26H29N3O3/c1-18-8-6-7-15-29(18)26(31)24-19(2)32-25(28-24)22-13-11-21(12-14-22)17-27-23(30)16-20-9-4-3-5-10-20/h3-5,9-14,18H,6-8,15-17H2,1-2H3,(H,27,30)/t18-/m0/s1. The third-order valence-corrected chi connectivity index (χ3v) is 5.96. The highest BCUT2D eigenvalue weighted by atomic mass is 16.4. The van der Waals surface area contributed by atoms with Crippen LogP contribution in [0, 0.1) is 6.92 Å². The van der Waals surface area contributed by atoms with Gasteiger partial charge < -0.3 is 14.6 Å². The topological polar surface area (TPSA) is 75.4 Å². The minimum absolute atomic E-state index is 0.0151. The van der Waals surface area contributed by atoms with Crippen LogP contribution < -0.4 is 5.32 Å². The Morgan fingerprint density at radius 2 is 1.81 bits per heavy atom. The summed E-state index contributed by atoms with van der Waals surface area (Å²) in [5.41, 5.74) is 3.17. The van der Waals surface area contributed by atoms with Gasteiger partial charge in [0.25, 0.3) is 5.91 Å². The monoisotopic (exact) mass is 431 g/mol. The van der Waals surface area contributed by atoms with Crippen LogP contribution in [0.25, 0.3) is 11.5 Å². The summed E-state index contributed by atoms with van der Waals surface area (Å²) in [6.45, 7) is 5.10. The molecule has 0 saturated carbocycles. The van der Waals surface area contributed by atoms with Crippen LogP contribution in [-0.2, 0) is 17.8 Å². The Balaban J connectivity index is 1.38. The van der Waals surface area contributed by atoms with Crippen molar-refractivity contribution in [3.63, 3.8) is 0 Å². The van der Waals surface area contributed by atoms with Crippen LogP contribution in [0.5, 0.6) is 0 Å². The van der Waals surface area contributed by atoms with Crippen LogP contribution in [-0.4, -0.2) is 34.3 Å². The van der Waals surface area contributed by atoms with Crippen molar-refractivity contribution in [1.82, 2.24) is 15.2 Å². The first-order valence-electron chi connectivity index (χ1n) is 11.2. The van der Waals surface area contributed by atoms with Crippen LogP contribution in [0.2, 0.25) is 0 Å². The number of piperidine rings is 1. The predicted molar refractivity (Wildman–Crippen MR) is 123 cm³/mol. The molecule has 1 fully saturated rings. The molecule has 1 aromatic heterocycles. The van der Waals surface area contributed by atoms with Crippen molar-refractivity contribution in [2.24, 2.45) is 0 Å². The van der Waals surface area contributed by atoms with Crippen molar-refractivity contribution >= 4 is 11.8 Å². The number of nitrogens with zero attached hydrogens (tertiary/aromatic N) is 2. The Hall–Kier alpha value is -3.41. The van der Waals surface area contributed by atoms with E-state index in [1.165, 1.54) is 0 Å². The maximum absolute atomic E-state index is 13.0. The number of aromatic nitrogens is 1. The lowest BCUT2D eigenvalue weighted by atomic mass is 10.0. The van der Waals surface area contributed by atoms with E-state index in [0.717, 1.165) is 42.5 Å². The predicted octanol–water partition coefficient (Wildman–Crippen LogP) is 4.52. The number of amides is 2. The van der Waals surface area contributed by atoms with Gasteiger partial charge in [0.15, 0.2) is 5.69 Å². The minimum Gasteiger partial charge on any atom is -0.441 e. The molecule has 2 heterocycles. The molecule has 1 N–H and O–H groups in total. The van der Waals surface area contributed by atoms with Crippen LogP contribution in [0.15, 0.2) is 59.0 Å². The third kappa shape index (κ3) is 5.07. The van der Waals surface area contributed by atoms with Gasteiger partial charge in [-0.1, -0.05) is 42.5 Å². The SMILES string of the molecule is Cc1oc(-c2ccc(CNC(=O)Cc3ccccc3)cc2)nc1C(=O)N1CCCC[C@@H]1C. The molecular weight excluding hydrogens is 402 g/mol. The van der Waals surface area contributed by atoms with Gasteiger partial charge in [-0.05, 0) is 56.4 Å². The van der Waals surface area contributed by atoms with Crippen molar-refractivity contribution in [2.75, 3.05) is 6.54 Å². The highest BCUT2D eigenvalue weighted by Gasteiger charge is 2.28. The second-order valence-electron chi connectivity index (χ2n) is 8.40. The maximum Gasteiger partial charge on any atom is 0.276 e. The van der Waals surface area contributed by atoms with Gasteiger partial charge in [-0.15, -0.1) is 0 Å². The molecule has 166 valence electrons. The van der Waals surface area contributed by atoms with Gasteiger partial charge in [0.1, 0.15) is 5.76 Å². The summed E-state index contributed by atoms with van der Waals surface area (Å²) in [5.74, 6) is 0.913. The molecule has 1 atom stereocenters. The van der Waals surface area contributed by atoms with E-state index in [0.29, 0.717) is 30.3 Å². The fourth-order valence-corrected chi connectivity index (χ4v) is 4.06. The summed E-state index contributed by atoms with van der Waals surface area (Å²) in [7, 11) is 0. The van der Waals surface area contributed by atoms with Crippen molar-refractivity contribution in [3.05, 3.63) is 77.2 Å². The summed E-state index contributed by atoms with van der Waals surface area (Å²) in [4.78, 5) is 31.5. The van der Waals surface area contributed by atoms with Crippen molar-refractivity contribution in [2.45, 2.75) is 52.1 Å². The van der Waals surface area contributed by atoms with E-state index in [1.807, 2.05) is 59.5 Å². The van der Waals surface area contributed by atoms with Crippen LogP contribution in [0.1, 0.15) is 53.6 Å². The lowest BCUT2D eigenvalue weighted by Gasteiger charge is -2.32. The highest BCUT2D eigenvalue weighted by molar-refractivity contribution is 5.94. The molecule has 1 aliphatic heterocycles. The van der Waals surface area contributed by atoms with E-state index >= 15 is 0 Å². The molecule has 0 unspecified atom stereocenters. The van der Waals surface area contributed by atoms with Crippen molar-refractivity contribution in [3.8, 4) is 11.5 Å². The molecule has 0 radical (unpaired) electrons. The first kappa shape index (κ1) is 21.8. The molecule has 4 rings (SSSR count). The molecule has 0 aliphatic carbocycles. The second-order valence-corrected chi connectivity index (χ2v) is 8.40. The highest BCUT2D eigenvalue weighted by Crippen LogP contribution is 2.25. The number of rotatable bonds is 6. The summed E-state index contributed by atoms with van der Waals surface area (Å²) < 4.78 is 5.82. The molecule has 1 aliphatic rings. The number of carbonyl (C=O) groups excluding carboxylic acids is 2. The largest absolute Gasteiger partial charge is 0.441 e. The molecule has 2 aromatic carbocycles. The van der Waals surface area contributed by atoms with Gasteiger partial charge in [0.05, 0.1) is 6.42 Å². The minimum atomic E-state index is -0.0533. The van der Waals surface area contributed by atoms with E-state index in [9.17, 15) is 9.59 Å². The number of oxazole rings is 1. The molecule has 2 amide bonds. The lowest BCUT2D eigenvalue weighted by molar-refractivity contribution is -0.120. The van der Waals surface area contributed by atoms with E-state index in [-0.39, 0.29) is 17.9 Å². The van der Waals surface area contributed by atoms with Gasteiger partial charge in [-0.3, -0.25) is 9.59 Å². The average Bonchev–Trinajstić information content (AvgIpc) is 3.20. The summed E-state index contributed by atoms with van der Waals surface area (Å²) >= 11 is 0. The quantitative estimate of drug-likeness (QED) is 0.622. The summed E-state index contributed by atoms with van der Waals surface area (Å²) in [6, 6.07) is 17.6. The maximum atomic E-state index is 13.0. The zero-order chi connectivity index (χ0) is 22.5. The number of likely N-dealkylation sites (tertiary alicyclic amines) is 1. The average molecular weight is 432 g/mol. The molecule has 6 nitrogen and oxygen atoms in total. The number of nitrogens with one attached hydrogen (secondary N) is 1. The Labute approximate surface area is 188 Å². The second kappa shape index (κ2) is 9.81. The van der Waals surface area contributed by atoms with E-state index in [1.54, 1.807) is 6.92 Å². The fraction of sp³-hybridized carbons (Fsp3) is 0.346. The lowest BCUT2D eigenvalue weighted by Crippen LogP contribution is -2.42. The van der Waals surface area contributed by atoms with Crippen LogP contribution >= 0.6 is 0 Å². The Kier molecular flexibility index (Phi) is 6.69. The van der Waals surface area contributed by atoms with Gasteiger partial charge in [-0.25, -0.2) is 4.98 Å². The summed E-state index contributed by atoms with van der Waals surface area (Å²) in [5, 5.41) is 2.95. The number of hydrogen-bond acceptors (Lipinski definition) is 4. The zero-order valence-corrected chi connectivity index (χ0v) is 18.6. The molecule has 32 heavy (non-hydrogen) atoms. The summed E-state index contributed by atoms with van der Waals surface area (Å²) in [6.07, 6.45) is 3.58. The molecule has 3 aromatic rings. The third-order valence-electron chi connectivity index (χ3n) is 5.96. The molecule has 0 spiro atoms. The Morgan fingerprint density at radius 1 is 1.06 bits per heavy atom. The van der Waals surface area contributed by atoms with E-state index in [2.05, 4.69) is 17.2 Å². The van der Waals surface area contributed by atoms with E-state index in [4.69, 9.17) is 4.42 Å². The molecule has 6 heteroatoms. The van der Waals surface area contributed by atoms with Crippen LogP contribution in [0.3, 0.4) is 0 Å². The fourth-order valence-electron chi connectivity index (χ4n) is 4.06. The van der Waals surface area contributed by atoms with Crippen molar-refractivity contribution in [1.29, 1.82) is 0 Å². The first-order valence-corrected chi connectivity index (χ1v) is 11.2. The molecular formula is C26H29N3O3. The van der Waals surface area contributed by atoms with Crippen molar-refractivity contribution < 1.29 is 14.0 Å². The number of hydrogen-bond donors (Lipinski definition) is 1.